The van der Waals surface area contributed by atoms with Gasteiger partial charge in [-0.15, -0.1) is 0 Å². The zero-order valence-corrected chi connectivity index (χ0v) is 5.59. The molecule has 1 amide bonds. The number of carbonyl (C=O) groups is 2. The van der Waals surface area contributed by atoms with Gasteiger partial charge in [0.25, 0.3) is 0 Å². The van der Waals surface area contributed by atoms with Gasteiger partial charge >= 0.3 is 0 Å². The van der Waals surface area contributed by atoms with E-state index in [-0.39, 0.29) is 18.4 Å². The highest BCUT2D eigenvalue weighted by Gasteiger charge is 2.19. The number of carbonyl (C=O) groups excluding carboxylic acids is 2. The van der Waals surface area contributed by atoms with Crippen LogP contribution in [0.5, 0.6) is 0 Å². The van der Waals surface area contributed by atoms with E-state index in [9.17, 15) is 9.59 Å². The standard InChI is InChI=1S/C6H10N2O2/c9-4-1-5-6(10)8-3-2-7-5/h4-5,7H,1-3H2,(H,8,10). The summed E-state index contributed by atoms with van der Waals surface area (Å²) in [6, 6.07) is -0.300. The molecule has 1 rings (SSSR count). The van der Waals surface area contributed by atoms with Gasteiger partial charge in [-0.2, -0.15) is 0 Å². The second kappa shape index (κ2) is 3.31. The number of nitrogens with one attached hydrogen (secondary N) is 2. The van der Waals surface area contributed by atoms with E-state index in [1.165, 1.54) is 0 Å². The van der Waals surface area contributed by atoms with Gasteiger partial charge < -0.3 is 15.4 Å². The van der Waals surface area contributed by atoms with Crippen LogP contribution in [0.15, 0.2) is 0 Å². The molecule has 0 aromatic rings. The zero-order valence-electron chi connectivity index (χ0n) is 5.59. The fourth-order valence-electron chi connectivity index (χ4n) is 0.935. The summed E-state index contributed by atoms with van der Waals surface area (Å²) < 4.78 is 0. The number of hydrogen-bond acceptors (Lipinski definition) is 3. The number of aldehydes is 1. The number of hydrogen-bond donors (Lipinski definition) is 2. The quantitative estimate of drug-likeness (QED) is 0.469. The summed E-state index contributed by atoms with van der Waals surface area (Å²) in [6.07, 6.45) is 1.02. The molecule has 1 aliphatic rings. The van der Waals surface area contributed by atoms with Crippen molar-refractivity contribution >= 4 is 12.2 Å². The summed E-state index contributed by atoms with van der Waals surface area (Å²) in [5.41, 5.74) is 0. The lowest BCUT2D eigenvalue weighted by Crippen LogP contribution is -2.52. The maximum atomic E-state index is 10.9. The summed E-state index contributed by atoms with van der Waals surface area (Å²) in [4.78, 5) is 20.9. The monoisotopic (exact) mass is 142 g/mol. The second-order valence-corrected chi connectivity index (χ2v) is 2.20. The lowest BCUT2D eigenvalue weighted by Gasteiger charge is -2.21. The van der Waals surface area contributed by atoms with E-state index < -0.39 is 0 Å². The molecule has 0 aliphatic carbocycles. The van der Waals surface area contributed by atoms with Crippen LogP contribution >= 0.6 is 0 Å². The van der Waals surface area contributed by atoms with Crippen LogP contribution in [0.1, 0.15) is 6.42 Å². The Kier molecular flexibility index (Phi) is 2.39. The molecule has 1 atom stereocenters. The lowest BCUT2D eigenvalue weighted by atomic mass is 10.2. The number of amides is 1. The minimum absolute atomic E-state index is 0.0710. The van der Waals surface area contributed by atoms with E-state index in [0.29, 0.717) is 6.54 Å². The van der Waals surface area contributed by atoms with Gasteiger partial charge in [0.15, 0.2) is 0 Å². The Balaban J connectivity index is 2.39. The summed E-state index contributed by atoms with van der Waals surface area (Å²) >= 11 is 0. The molecule has 1 unspecified atom stereocenters. The predicted octanol–water partition coefficient (Wildman–Crippen LogP) is -1.34. The van der Waals surface area contributed by atoms with E-state index in [4.69, 9.17) is 0 Å². The minimum Gasteiger partial charge on any atom is -0.353 e. The molecule has 10 heavy (non-hydrogen) atoms. The van der Waals surface area contributed by atoms with Crippen LogP contribution in [0.3, 0.4) is 0 Å². The van der Waals surface area contributed by atoms with Gasteiger partial charge in [-0.05, 0) is 0 Å². The maximum absolute atomic E-state index is 10.9. The third-order valence-electron chi connectivity index (χ3n) is 1.46. The molecule has 1 heterocycles. The van der Waals surface area contributed by atoms with Gasteiger partial charge in [0.2, 0.25) is 5.91 Å². The molecule has 0 saturated carbocycles. The van der Waals surface area contributed by atoms with E-state index in [0.717, 1.165) is 12.8 Å². The zero-order chi connectivity index (χ0) is 7.40. The van der Waals surface area contributed by atoms with Crippen molar-refractivity contribution in [3.8, 4) is 0 Å². The Morgan fingerprint density at radius 2 is 2.40 bits per heavy atom. The summed E-state index contributed by atoms with van der Waals surface area (Å²) in [7, 11) is 0. The van der Waals surface area contributed by atoms with E-state index >= 15 is 0 Å². The highest BCUT2D eigenvalue weighted by Crippen LogP contribution is 1.91. The van der Waals surface area contributed by atoms with Crippen molar-refractivity contribution in [2.24, 2.45) is 0 Å². The first kappa shape index (κ1) is 7.21. The van der Waals surface area contributed by atoms with Crippen LogP contribution in [0.25, 0.3) is 0 Å². The molecule has 0 bridgehead atoms. The molecule has 4 nitrogen and oxygen atoms in total. The first-order valence-electron chi connectivity index (χ1n) is 3.29. The van der Waals surface area contributed by atoms with Crippen molar-refractivity contribution in [2.45, 2.75) is 12.5 Å². The number of piperazine rings is 1. The Morgan fingerprint density at radius 1 is 1.60 bits per heavy atom. The highest BCUT2D eigenvalue weighted by atomic mass is 16.2. The maximum Gasteiger partial charge on any atom is 0.237 e. The number of rotatable bonds is 2. The largest absolute Gasteiger partial charge is 0.353 e. The Bertz CT molecular complexity index is 147. The molecule has 4 heteroatoms. The van der Waals surface area contributed by atoms with Crippen LogP contribution in [-0.2, 0) is 9.59 Å². The van der Waals surface area contributed by atoms with Gasteiger partial charge in [0, 0.05) is 19.5 Å². The fraction of sp³-hybridized carbons (Fsp3) is 0.667. The van der Waals surface area contributed by atoms with E-state index in [1.54, 1.807) is 0 Å². The van der Waals surface area contributed by atoms with Crippen molar-refractivity contribution < 1.29 is 9.59 Å². The van der Waals surface area contributed by atoms with Gasteiger partial charge in [-0.25, -0.2) is 0 Å². The summed E-state index contributed by atoms with van der Waals surface area (Å²) in [6.45, 7) is 1.42. The van der Waals surface area contributed by atoms with Crippen molar-refractivity contribution in [3.05, 3.63) is 0 Å². The summed E-state index contributed by atoms with van der Waals surface area (Å²) in [5, 5.41) is 5.58. The Hall–Kier alpha value is -0.900. The van der Waals surface area contributed by atoms with Crippen molar-refractivity contribution in [1.29, 1.82) is 0 Å². The SMILES string of the molecule is O=CCC1NCCNC1=O. The Morgan fingerprint density at radius 3 is 3.00 bits per heavy atom. The van der Waals surface area contributed by atoms with E-state index in [1.807, 2.05) is 0 Å². The topological polar surface area (TPSA) is 58.2 Å². The van der Waals surface area contributed by atoms with Crippen LogP contribution in [-0.4, -0.2) is 31.3 Å². The van der Waals surface area contributed by atoms with Gasteiger partial charge in [-0.3, -0.25) is 4.79 Å². The second-order valence-electron chi connectivity index (χ2n) is 2.20. The van der Waals surface area contributed by atoms with Crippen molar-refractivity contribution in [3.63, 3.8) is 0 Å². The van der Waals surface area contributed by atoms with Crippen LogP contribution in [0.2, 0.25) is 0 Å². The normalized spacial score (nSPS) is 25.6. The third kappa shape index (κ3) is 1.54. The van der Waals surface area contributed by atoms with Gasteiger partial charge in [0.1, 0.15) is 6.29 Å². The van der Waals surface area contributed by atoms with Crippen LogP contribution < -0.4 is 10.6 Å². The lowest BCUT2D eigenvalue weighted by molar-refractivity contribution is -0.126. The average Bonchev–Trinajstić information content (AvgIpc) is 1.94. The Labute approximate surface area is 59.0 Å². The molecular weight excluding hydrogens is 132 g/mol. The third-order valence-corrected chi connectivity index (χ3v) is 1.46. The molecule has 2 N–H and O–H groups in total. The molecule has 0 radical (unpaired) electrons. The van der Waals surface area contributed by atoms with Gasteiger partial charge in [0.05, 0.1) is 6.04 Å². The van der Waals surface area contributed by atoms with Crippen LogP contribution in [0, 0.1) is 0 Å². The molecule has 1 fully saturated rings. The molecule has 1 aliphatic heterocycles. The van der Waals surface area contributed by atoms with E-state index in [2.05, 4.69) is 10.6 Å². The molecular formula is C6H10N2O2. The average molecular weight is 142 g/mol. The first-order valence-corrected chi connectivity index (χ1v) is 3.29. The van der Waals surface area contributed by atoms with Crippen LogP contribution in [0.4, 0.5) is 0 Å². The fourth-order valence-corrected chi connectivity index (χ4v) is 0.935. The predicted molar refractivity (Wildman–Crippen MR) is 35.5 cm³/mol. The molecule has 0 aromatic heterocycles. The minimum atomic E-state index is -0.300. The molecule has 0 aromatic carbocycles. The molecule has 56 valence electrons. The molecule has 0 spiro atoms. The smallest absolute Gasteiger partial charge is 0.237 e. The first-order chi connectivity index (χ1) is 4.84. The van der Waals surface area contributed by atoms with Crippen molar-refractivity contribution in [2.75, 3.05) is 13.1 Å². The summed E-state index contributed by atoms with van der Waals surface area (Å²) in [5.74, 6) is -0.0710. The highest BCUT2D eigenvalue weighted by molar-refractivity contribution is 5.84. The van der Waals surface area contributed by atoms with Crippen molar-refractivity contribution in [1.82, 2.24) is 10.6 Å². The molecule has 1 saturated heterocycles. The van der Waals surface area contributed by atoms with Gasteiger partial charge in [-0.1, -0.05) is 0 Å².